The summed E-state index contributed by atoms with van der Waals surface area (Å²) in [6.45, 7) is 2.75. The van der Waals surface area contributed by atoms with Crippen LogP contribution in [0, 0.1) is 11.8 Å². The number of rotatable bonds is 12. The molecule has 2 aliphatic heterocycles. The van der Waals surface area contributed by atoms with E-state index in [1.165, 1.54) is 0 Å². The smallest absolute Gasteiger partial charge is 0.249 e. The van der Waals surface area contributed by atoms with Gasteiger partial charge in [-0.25, -0.2) is 0 Å². The number of aromatic nitrogens is 1. The number of nitrogens with zero attached hydrogens (tertiary/aromatic N) is 3. The van der Waals surface area contributed by atoms with E-state index in [-0.39, 0.29) is 23.6 Å². The number of anilines is 1. The number of fused-ring (bicyclic) bond motifs is 2. The van der Waals surface area contributed by atoms with Crippen molar-refractivity contribution < 1.29 is 19.1 Å². The van der Waals surface area contributed by atoms with Crippen LogP contribution in [-0.4, -0.2) is 85.9 Å². The summed E-state index contributed by atoms with van der Waals surface area (Å²) >= 11 is 6.41. The lowest BCUT2D eigenvalue weighted by atomic mass is 9.90. The van der Waals surface area contributed by atoms with Gasteiger partial charge in [-0.15, -0.1) is 0 Å². The molecule has 0 bridgehead atoms. The number of likely N-dealkylation sites (tertiary alicyclic amines) is 1. The number of methoxy groups -OCH3 is 1. The molecule has 1 aromatic heterocycles. The van der Waals surface area contributed by atoms with Crippen LogP contribution in [0.1, 0.15) is 42.4 Å². The number of carbonyl (C=O) groups excluding carboxylic acids is 3. The highest BCUT2D eigenvalue weighted by molar-refractivity contribution is 6.30. The van der Waals surface area contributed by atoms with Crippen molar-refractivity contribution in [2.24, 2.45) is 11.8 Å². The normalized spacial score (nSPS) is 17.1. The fourth-order valence-corrected chi connectivity index (χ4v) is 7.86. The van der Waals surface area contributed by atoms with Gasteiger partial charge in [0.1, 0.15) is 11.8 Å². The van der Waals surface area contributed by atoms with Crippen LogP contribution in [0.25, 0.3) is 10.9 Å². The van der Waals surface area contributed by atoms with E-state index >= 15 is 0 Å². The molecule has 1 saturated heterocycles. The summed E-state index contributed by atoms with van der Waals surface area (Å²) in [7, 11) is 5.71. The number of hydrogen-bond acceptors (Lipinski definition) is 5. The van der Waals surface area contributed by atoms with Crippen LogP contribution in [0.2, 0.25) is 5.02 Å². The molecule has 0 saturated carbocycles. The third-order valence-corrected chi connectivity index (χ3v) is 10.4. The molecule has 0 spiro atoms. The largest absolute Gasteiger partial charge is 0.496 e. The number of carbonyl (C=O) groups is 3. The number of para-hydroxylation sites is 2. The Morgan fingerprint density at radius 3 is 2.54 bits per heavy atom. The molecule has 1 fully saturated rings. The van der Waals surface area contributed by atoms with E-state index in [1.807, 2.05) is 96.8 Å². The maximum absolute atomic E-state index is 14.6. The first-order chi connectivity index (χ1) is 24.2. The number of benzene rings is 3. The van der Waals surface area contributed by atoms with Gasteiger partial charge in [-0.3, -0.25) is 14.4 Å². The fraction of sp³-hybridized carbons (Fsp3) is 0.425. The van der Waals surface area contributed by atoms with Gasteiger partial charge in [0, 0.05) is 72.4 Å². The summed E-state index contributed by atoms with van der Waals surface area (Å²) in [5.74, 6) is 1.15. The predicted octanol–water partition coefficient (Wildman–Crippen LogP) is 5.89. The molecule has 3 heterocycles. The number of halogens is 1. The van der Waals surface area contributed by atoms with Crippen LogP contribution in [0.15, 0.2) is 72.9 Å². The molecule has 2 N–H and O–H groups in total. The molecule has 3 amide bonds. The van der Waals surface area contributed by atoms with Crippen LogP contribution in [0.4, 0.5) is 5.69 Å². The standard InChI is InChI=1S/C40H48ClN5O4/c1-44(2)25-28-20-30-21-32(41)13-14-36(30)46(26-28)40(49)35(22-31-24-42-34-10-6-5-9-33(31)34)43-38(47)15-12-27-16-18-45(19-17-27)39(48)23-29-8-4-7-11-37(29)50-3/h4-11,13-14,21,24,27-28,35,42H,12,15-20,22-23,25-26H2,1-3H3,(H,43,47)/t28-,35+/m0/s1. The average Bonchev–Trinajstić information content (AvgIpc) is 3.52. The second-order valence-electron chi connectivity index (χ2n) is 14.1. The zero-order valence-corrected chi connectivity index (χ0v) is 30.0. The van der Waals surface area contributed by atoms with Gasteiger partial charge >= 0.3 is 0 Å². The van der Waals surface area contributed by atoms with Gasteiger partial charge in [0.05, 0.1) is 13.5 Å². The molecule has 2 atom stereocenters. The first-order valence-corrected chi connectivity index (χ1v) is 18.0. The Morgan fingerprint density at radius 2 is 1.76 bits per heavy atom. The number of amides is 3. The zero-order chi connectivity index (χ0) is 35.2. The van der Waals surface area contributed by atoms with Crippen molar-refractivity contribution in [2.75, 3.05) is 52.3 Å². The Morgan fingerprint density at radius 1 is 1.00 bits per heavy atom. The summed E-state index contributed by atoms with van der Waals surface area (Å²) in [5.41, 5.74) is 4.79. The van der Waals surface area contributed by atoms with E-state index in [2.05, 4.69) is 15.2 Å². The fourth-order valence-electron chi connectivity index (χ4n) is 7.67. The van der Waals surface area contributed by atoms with Crippen molar-refractivity contribution in [3.63, 3.8) is 0 Å². The lowest BCUT2D eigenvalue weighted by Gasteiger charge is -2.37. The minimum atomic E-state index is -0.738. The minimum Gasteiger partial charge on any atom is -0.496 e. The number of hydrogen-bond donors (Lipinski definition) is 2. The Bertz CT molecular complexity index is 1810. The first-order valence-electron chi connectivity index (χ1n) is 17.7. The highest BCUT2D eigenvalue weighted by Gasteiger charge is 2.34. The van der Waals surface area contributed by atoms with Gasteiger partial charge in [-0.05, 0) is 93.1 Å². The molecule has 4 aromatic rings. The molecule has 0 unspecified atom stereocenters. The second kappa shape index (κ2) is 16.1. The van der Waals surface area contributed by atoms with Gasteiger partial charge in [0.25, 0.3) is 0 Å². The number of ether oxygens (including phenoxy) is 1. The summed E-state index contributed by atoms with van der Waals surface area (Å²) in [4.78, 5) is 50.5. The Balaban J connectivity index is 1.12. The third kappa shape index (κ3) is 8.50. The van der Waals surface area contributed by atoms with Crippen molar-refractivity contribution in [3.8, 4) is 5.75 Å². The van der Waals surface area contributed by atoms with Crippen LogP contribution < -0.4 is 15.0 Å². The number of H-pyrrole nitrogens is 1. The molecule has 2 aliphatic rings. The number of nitrogens with one attached hydrogen (secondary N) is 2. The number of aromatic amines is 1. The molecular weight excluding hydrogens is 650 g/mol. The van der Waals surface area contributed by atoms with E-state index in [0.717, 1.165) is 64.8 Å². The van der Waals surface area contributed by atoms with E-state index in [4.69, 9.17) is 16.3 Å². The lowest BCUT2D eigenvalue weighted by Crippen LogP contribution is -2.53. The molecule has 264 valence electrons. The third-order valence-electron chi connectivity index (χ3n) is 10.2. The van der Waals surface area contributed by atoms with E-state index in [1.54, 1.807) is 7.11 Å². The zero-order valence-electron chi connectivity index (χ0n) is 29.3. The highest BCUT2D eigenvalue weighted by atomic mass is 35.5. The maximum Gasteiger partial charge on any atom is 0.249 e. The summed E-state index contributed by atoms with van der Waals surface area (Å²) in [6, 6.07) is 20.6. The van der Waals surface area contributed by atoms with Gasteiger partial charge in [0.15, 0.2) is 0 Å². The average molecular weight is 698 g/mol. The molecule has 0 aliphatic carbocycles. The predicted molar refractivity (Wildman–Crippen MR) is 199 cm³/mol. The van der Waals surface area contributed by atoms with Crippen LogP contribution in [0.5, 0.6) is 5.75 Å². The van der Waals surface area contributed by atoms with Crippen LogP contribution in [-0.2, 0) is 33.6 Å². The van der Waals surface area contributed by atoms with E-state index in [0.29, 0.717) is 56.3 Å². The van der Waals surface area contributed by atoms with Gasteiger partial charge in [-0.2, -0.15) is 0 Å². The Hall–Kier alpha value is -4.34. The number of piperidine rings is 1. The lowest BCUT2D eigenvalue weighted by molar-refractivity contribution is -0.132. The van der Waals surface area contributed by atoms with Crippen molar-refractivity contribution in [3.05, 3.63) is 94.6 Å². The van der Waals surface area contributed by atoms with Gasteiger partial charge < -0.3 is 29.7 Å². The molecule has 9 nitrogen and oxygen atoms in total. The summed E-state index contributed by atoms with van der Waals surface area (Å²) in [6.07, 6.45) is 6.21. The molecule has 50 heavy (non-hydrogen) atoms. The van der Waals surface area contributed by atoms with Crippen LogP contribution >= 0.6 is 11.6 Å². The summed E-state index contributed by atoms with van der Waals surface area (Å²) in [5, 5.41) is 4.86. The topological polar surface area (TPSA) is 98.0 Å². The maximum atomic E-state index is 14.6. The molecule has 10 heteroatoms. The van der Waals surface area contributed by atoms with Crippen molar-refractivity contribution >= 4 is 45.9 Å². The van der Waals surface area contributed by atoms with Gasteiger partial charge in [-0.1, -0.05) is 48.0 Å². The molecule has 3 aromatic carbocycles. The van der Waals surface area contributed by atoms with Gasteiger partial charge in [0.2, 0.25) is 17.7 Å². The Labute approximate surface area is 299 Å². The van der Waals surface area contributed by atoms with E-state index in [9.17, 15) is 14.4 Å². The molecule has 6 rings (SSSR count). The first kappa shape index (κ1) is 35.5. The van der Waals surface area contributed by atoms with Crippen molar-refractivity contribution in [1.29, 1.82) is 0 Å². The molecule has 0 radical (unpaired) electrons. The monoisotopic (exact) mass is 697 g/mol. The second-order valence-corrected chi connectivity index (χ2v) is 14.5. The summed E-state index contributed by atoms with van der Waals surface area (Å²) < 4.78 is 5.43. The van der Waals surface area contributed by atoms with Crippen LogP contribution in [0.3, 0.4) is 0 Å². The quantitative estimate of drug-likeness (QED) is 0.193. The molecular formula is C40H48ClN5O4. The van der Waals surface area contributed by atoms with Crippen molar-refractivity contribution in [1.82, 2.24) is 20.1 Å². The highest BCUT2D eigenvalue weighted by Crippen LogP contribution is 2.33. The van der Waals surface area contributed by atoms with E-state index < -0.39 is 6.04 Å². The van der Waals surface area contributed by atoms with Crippen molar-refractivity contribution in [2.45, 2.75) is 51.0 Å². The minimum absolute atomic E-state index is 0.0960. The SMILES string of the molecule is COc1ccccc1CC(=O)N1CCC(CCC(=O)N[C@H](Cc2c[nH]c3ccccc23)C(=O)N2C[C@H](CN(C)C)Cc3cc(Cl)ccc32)CC1. The Kier molecular flexibility index (Phi) is 11.4.